The summed E-state index contributed by atoms with van der Waals surface area (Å²) >= 11 is 0. The number of unbranched alkanes of at least 4 members (excludes halogenated alkanes) is 1. The van der Waals surface area contributed by atoms with E-state index in [9.17, 15) is 4.79 Å². The first-order valence-electron chi connectivity index (χ1n) is 9.06. The summed E-state index contributed by atoms with van der Waals surface area (Å²) in [6, 6.07) is 10.1. The summed E-state index contributed by atoms with van der Waals surface area (Å²) in [4.78, 5) is 22.1. The highest BCUT2D eigenvalue weighted by Gasteiger charge is 2.14. The van der Waals surface area contributed by atoms with Gasteiger partial charge in [0.25, 0.3) is 0 Å². The van der Waals surface area contributed by atoms with E-state index in [2.05, 4.69) is 29.9 Å². The summed E-state index contributed by atoms with van der Waals surface area (Å²) in [5.41, 5.74) is 14.3. The van der Waals surface area contributed by atoms with E-state index in [4.69, 9.17) is 15.7 Å². The van der Waals surface area contributed by atoms with Gasteiger partial charge in [0, 0.05) is 24.7 Å². The summed E-state index contributed by atoms with van der Waals surface area (Å²) in [7, 11) is 0. The number of aromatic nitrogens is 3. The molecule has 0 aliphatic heterocycles. The van der Waals surface area contributed by atoms with Crippen LogP contribution in [0.25, 0.3) is 22.4 Å². The molecule has 27 heavy (non-hydrogen) atoms. The third-order valence-corrected chi connectivity index (χ3v) is 4.11. The average Bonchev–Trinajstić information content (AvgIpc) is 2.93. The van der Waals surface area contributed by atoms with E-state index in [0.29, 0.717) is 0 Å². The van der Waals surface area contributed by atoms with Crippen LogP contribution in [0.3, 0.4) is 0 Å². The van der Waals surface area contributed by atoms with Crippen LogP contribution in [0.4, 0.5) is 5.82 Å². The number of rotatable bonds is 6. The Morgan fingerprint density at radius 2 is 1.81 bits per heavy atom. The van der Waals surface area contributed by atoms with Gasteiger partial charge in [0.1, 0.15) is 11.5 Å². The molecule has 2 heterocycles. The third kappa shape index (κ3) is 5.52. The van der Waals surface area contributed by atoms with Crippen LogP contribution in [0.15, 0.2) is 30.3 Å². The maximum atomic E-state index is 9.22. The lowest BCUT2D eigenvalue weighted by molar-refractivity contribution is -0.115. The van der Waals surface area contributed by atoms with Gasteiger partial charge in [-0.1, -0.05) is 30.3 Å². The molecule has 7 nitrogen and oxygen atoms in total. The zero-order chi connectivity index (χ0) is 19.8. The molecule has 0 aliphatic carbocycles. The van der Waals surface area contributed by atoms with Gasteiger partial charge in [-0.3, -0.25) is 4.79 Å². The second kappa shape index (κ2) is 9.68. The normalized spacial score (nSPS) is 10.4. The maximum absolute atomic E-state index is 9.22. The number of nitrogens with one attached hydrogen (secondary N) is 2. The molecular formula is C20H28N6O. The monoisotopic (exact) mass is 368 g/mol. The number of carbonyl (C=O) groups excluding carboxylic acids is 1. The molecule has 3 aromatic rings. The molecule has 6 N–H and O–H groups in total. The van der Waals surface area contributed by atoms with Crippen molar-refractivity contribution in [1.29, 1.82) is 0 Å². The number of anilines is 1. The summed E-state index contributed by atoms with van der Waals surface area (Å²) in [6.07, 6.45) is 2.04. The highest BCUT2D eigenvalue weighted by Crippen LogP contribution is 2.29. The molecule has 0 bridgehead atoms. The summed E-state index contributed by atoms with van der Waals surface area (Å²) < 4.78 is 0. The highest BCUT2D eigenvalue weighted by molar-refractivity contribution is 5.92. The van der Waals surface area contributed by atoms with E-state index in [-0.39, 0.29) is 5.91 Å². The molecule has 0 radical (unpaired) electrons. The van der Waals surface area contributed by atoms with Gasteiger partial charge in [-0.05, 0) is 38.8 Å². The van der Waals surface area contributed by atoms with Crippen LogP contribution in [0.2, 0.25) is 0 Å². The van der Waals surface area contributed by atoms with Crippen LogP contribution in [-0.4, -0.2) is 33.9 Å². The zero-order valence-corrected chi connectivity index (χ0v) is 16.2. The molecule has 3 rings (SSSR count). The second-order valence-electron chi connectivity index (χ2n) is 6.39. The van der Waals surface area contributed by atoms with E-state index in [1.807, 2.05) is 30.3 Å². The van der Waals surface area contributed by atoms with Crippen LogP contribution in [0.1, 0.15) is 31.0 Å². The molecule has 0 saturated carbocycles. The lowest BCUT2D eigenvalue weighted by atomic mass is 10.2. The van der Waals surface area contributed by atoms with E-state index in [0.717, 1.165) is 59.9 Å². The van der Waals surface area contributed by atoms with Crippen LogP contribution >= 0.6 is 0 Å². The number of hydrogen-bond acceptors (Lipinski definition) is 5. The molecule has 2 aromatic heterocycles. The summed E-state index contributed by atoms with van der Waals surface area (Å²) in [5, 5.41) is 4.54. The Labute approximate surface area is 159 Å². The van der Waals surface area contributed by atoms with Gasteiger partial charge in [0.2, 0.25) is 5.91 Å². The zero-order valence-electron chi connectivity index (χ0n) is 16.2. The molecule has 1 amide bonds. The van der Waals surface area contributed by atoms with Crippen molar-refractivity contribution in [2.45, 2.75) is 33.6 Å². The summed E-state index contributed by atoms with van der Waals surface area (Å²) in [5.74, 6) is 1.30. The van der Waals surface area contributed by atoms with Crippen LogP contribution < -0.4 is 16.8 Å². The number of aromatic amines is 1. The Morgan fingerprint density at radius 3 is 2.44 bits per heavy atom. The first-order chi connectivity index (χ1) is 12.9. The lowest BCUT2D eigenvalue weighted by Crippen LogP contribution is -2.08. The quantitative estimate of drug-likeness (QED) is 0.498. The Hall–Kier alpha value is -2.93. The van der Waals surface area contributed by atoms with Crippen LogP contribution in [0, 0.1) is 13.8 Å². The molecule has 0 spiro atoms. The molecule has 7 heteroatoms. The van der Waals surface area contributed by atoms with Gasteiger partial charge in [0.15, 0.2) is 5.82 Å². The van der Waals surface area contributed by atoms with E-state index >= 15 is 0 Å². The minimum atomic E-state index is -0.333. The molecule has 1 aromatic carbocycles. The minimum Gasteiger partial charge on any atom is -0.370 e. The van der Waals surface area contributed by atoms with Crippen LogP contribution in [0.5, 0.6) is 0 Å². The molecule has 0 aliphatic rings. The molecule has 0 saturated heterocycles. The first kappa shape index (κ1) is 20.4. The number of benzene rings is 1. The number of H-pyrrole nitrogens is 1. The Morgan fingerprint density at radius 1 is 1.15 bits per heavy atom. The van der Waals surface area contributed by atoms with E-state index in [1.165, 1.54) is 12.5 Å². The van der Waals surface area contributed by atoms with Crippen molar-refractivity contribution in [3.05, 3.63) is 41.6 Å². The second-order valence-corrected chi connectivity index (χ2v) is 6.39. The fraction of sp³-hybridized carbons (Fsp3) is 0.350. The number of primary amides is 1. The van der Waals surface area contributed by atoms with E-state index in [1.54, 1.807) is 0 Å². The fourth-order valence-corrected chi connectivity index (χ4v) is 2.69. The number of carbonyl (C=O) groups is 1. The first-order valence-corrected chi connectivity index (χ1v) is 9.06. The predicted octanol–water partition coefficient (Wildman–Crippen LogP) is 2.88. The molecule has 0 fully saturated rings. The standard InChI is InChI=1S/C18H23N5.C2H5NO/c1-12-13(2)21-18-15(12)17(20-11-7-6-10-19)22-16(23-18)14-8-4-3-5-9-14;1-2(3)4/h3-5,8-9H,6-7,10-11,19H2,1-2H3,(H2,20,21,22,23);1H3,(H2,3,4). The van der Waals surface area contributed by atoms with Gasteiger partial charge in [-0.25, -0.2) is 9.97 Å². The molecule has 0 unspecified atom stereocenters. The number of nitrogens with zero attached hydrogens (tertiary/aromatic N) is 2. The van der Waals surface area contributed by atoms with Gasteiger partial charge in [0.05, 0.1) is 5.39 Å². The molecular weight excluding hydrogens is 340 g/mol. The van der Waals surface area contributed by atoms with Crippen molar-refractivity contribution < 1.29 is 4.79 Å². The van der Waals surface area contributed by atoms with Crippen molar-refractivity contribution in [1.82, 2.24) is 15.0 Å². The Kier molecular flexibility index (Phi) is 7.31. The number of amides is 1. The molecule has 144 valence electrons. The van der Waals surface area contributed by atoms with Crippen molar-refractivity contribution in [2.75, 3.05) is 18.4 Å². The molecule has 0 atom stereocenters. The van der Waals surface area contributed by atoms with Crippen molar-refractivity contribution in [3.8, 4) is 11.4 Å². The number of aryl methyl sites for hydroxylation is 2. The largest absolute Gasteiger partial charge is 0.370 e. The Bertz CT molecular complexity index is 884. The highest BCUT2D eigenvalue weighted by atomic mass is 16.1. The van der Waals surface area contributed by atoms with Crippen molar-refractivity contribution in [3.63, 3.8) is 0 Å². The van der Waals surface area contributed by atoms with E-state index < -0.39 is 0 Å². The lowest BCUT2D eigenvalue weighted by Gasteiger charge is -2.09. The topological polar surface area (TPSA) is 123 Å². The predicted molar refractivity (Wildman–Crippen MR) is 110 cm³/mol. The van der Waals surface area contributed by atoms with Gasteiger partial charge in [-0.15, -0.1) is 0 Å². The minimum absolute atomic E-state index is 0.333. The average molecular weight is 368 g/mol. The third-order valence-electron chi connectivity index (χ3n) is 4.11. The van der Waals surface area contributed by atoms with Crippen LogP contribution in [-0.2, 0) is 4.79 Å². The number of fused-ring (bicyclic) bond motifs is 1. The van der Waals surface area contributed by atoms with Gasteiger partial charge < -0.3 is 21.8 Å². The number of nitrogens with two attached hydrogens (primary N) is 2. The maximum Gasteiger partial charge on any atom is 0.214 e. The summed E-state index contributed by atoms with van der Waals surface area (Å²) in [6.45, 7) is 7.06. The Balaban J connectivity index is 0.000000596. The van der Waals surface area contributed by atoms with Gasteiger partial charge in [-0.2, -0.15) is 0 Å². The van der Waals surface area contributed by atoms with Gasteiger partial charge >= 0.3 is 0 Å². The smallest absolute Gasteiger partial charge is 0.214 e. The SMILES string of the molecule is CC(N)=O.Cc1[nH]c2nc(-c3ccccc3)nc(NCCCCN)c2c1C. The number of hydrogen-bond donors (Lipinski definition) is 4. The van der Waals surface area contributed by atoms with Crippen molar-refractivity contribution >= 4 is 22.8 Å². The van der Waals surface area contributed by atoms with Crippen molar-refractivity contribution in [2.24, 2.45) is 11.5 Å². The fourth-order valence-electron chi connectivity index (χ4n) is 2.69.